The molecular formula is C28H42O5. The van der Waals surface area contributed by atoms with Gasteiger partial charge in [-0.25, -0.2) is 4.79 Å². The fraction of sp³-hybridized carbons (Fsp3) is 0.750. The molecule has 3 aliphatic carbocycles. The zero-order chi connectivity index (χ0) is 24.6. The Morgan fingerprint density at radius 2 is 1.76 bits per heavy atom. The highest BCUT2D eigenvalue weighted by atomic mass is 16.6. The van der Waals surface area contributed by atoms with Crippen LogP contribution in [0.1, 0.15) is 86.5 Å². The molecule has 0 spiro atoms. The van der Waals surface area contributed by atoms with Crippen molar-refractivity contribution in [3.63, 3.8) is 0 Å². The van der Waals surface area contributed by atoms with Gasteiger partial charge in [-0.3, -0.25) is 9.59 Å². The molecule has 5 heteroatoms. The minimum Gasteiger partial charge on any atom is -0.448 e. The summed E-state index contributed by atoms with van der Waals surface area (Å²) in [6, 6.07) is 0. The lowest BCUT2D eigenvalue weighted by atomic mass is 9.61. The third-order valence-electron chi connectivity index (χ3n) is 8.97. The first-order valence-electron chi connectivity index (χ1n) is 12.7. The lowest BCUT2D eigenvalue weighted by Gasteiger charge is -2.43. The van der Waals surface area contributed by atoms with E-state index >= 15 is 0 Å². The highest BCUT2D eigenvalue weighted by Gasteiger charge is 2.53. The summed E-state index contributed by atoms with van der Waals surface area (Å²) >= 11 is 0. The zero-order valence-corrected chi connectivity index (χ0v) is 21.2. The van der Waals surface area contributed by atoms with Crippen LogP contribution in [0, 0.1) is 35.0 Å². The summed E-state index contributed by atoms with van der Waals surface area (Å²) in [5, 5.41) is 9.72. The van der Waals surface area contributed by atoms with Gasteiger partial charge in [-0.2, -0.15) is 0 Å². The Labute approximate surface area is 199 Å². The van der Waals surface area contributed by atoms with Gasteiger partial charge in [0.25, 0.3) is 0 Å². The number of hydrogen-bond acceptors (Lipinski definition) is 5. The molecule has 7 atom stereocenters. The number of hydrogen-bond donors (Lipinski definition) is 1. The smallest absolute Gasteiger partial charge is 0.332 e. The molecule has 0 aromatic rings. The standard InChI is InChI=1S/C28H42O5/c1-17(2)18(3)7-8-19(4)22-9-10-23-21(24(30)12-13-27(22,23)5)16-26(32)33-28(6)14-11-20(29)15-25(28)31/h7-8,16-20,22-23,29H,9-15H2,1-6H3/b8-7+,21-16-. The van der Waals surface area contributed by atoms with E-state index in [0.717, 1.165) is 19.3 Å². The van der Waals surface area contributed by atoms with Crippen LogP contribution in [-0.4, -0.2) is 34.3 Å². The van der Waals surface area contributed by atoms with Crippen LogP contribution in [0.2, 0.25) is 0 Å². The zero-order valence-electron chi connectivity index (χ0n) is 21.2. The minimum atomic E-state index is -1.22. The first-order valence-corrected chi connectivity index (χ1v) is 12.7. The molecular weight excluding hydrogens is 416 g/mol. The molecule has 33 heavy (non-hydrogen) atoms. The Morgan fingerprint density at radius 3 is 2.39 bits per heavy atom. The molecule has 0 amide bonds. The molecule has 5 nitrogen and oxygen atoms in total. The molecule has 3 rings (SSSR count). The van der Waals surface area contributed by atoms with E-state index < -0.39 is 17.7 Å². The Bertz CT molecular complexity index is 839. The summed E-state index contributed by atoms with van der Waals surface area (Å²) in [4.78, 5) is 38.1. The van der Waals surface area contributed by atoms with E-state index in [1.54, 1.807) is 6.92 Å². The maximum Gasteiger partial charge on any atom is 0.332 e. The molecule has 0 aromatic heterocycles. The van der Waals surface area contributed by atoms with Gasteiger partial charge in [0.05, 0.1) is 6.10 Å². The first-order chi connectivity index (χ1) is 15.4. The number of carbonyl (C=O) groups is 3. The maximum absolute atomic E-state index is 12.9. The van der Waals surface area contributed by atoms with Gasteiger partial charge in [0, 0.05) is 24.5 Å². The van der Waals surface area contributed by atoms with Crippen molar-refractivity contribution in [2.24, 2.45) is 35.0 Å². The molecule has 0 heterocycles. The average Bonchev–Trinajstić information content (AvgIpc) is 3.09. The van der Waals surface area contributed by atoms with E-state index in [9.17, 15) is 19.5 Å². The second kappa shape index (κ2) is 9.85. The minimum absolute atomic E-state index is 0.00247. The summed E-state index contributed by atoms with van der Waals surface area (Å²) in [6.07, 6.45) is 9.34. The number of aliphatic hydroxyl groups is 1. The fourth-order valence-electron chi connectivity index (χ4n) is 6.21. The molecule has 0 radical (unpaired) electrons. The van der Waals surface area contributed by atoms with Crippen LogP contribution < -0.4 is 0 Å². The van der Waals surface area contributed by atoms with Crippen molar-refractivity contribution >= 4 is 17.5 Å². The lowest BCUT2D eigenvalue weighted by molar-refractivity contribution is -0.167. The molecule has 3 saturated carbocycles. The number of rotatable bonds is 6. The summed E-state index contributed by atoms with van der Waals surface area (Å²) in [7, 11) is 0. The SMILES string of the molecule is CC(C)C(C)/C=C/C(C)C1CCC2/C(=C/C(=O)OC3(C)CCC(O)CC3=O)C(=O)CCC21C. The van der Waals surface area contributed by atoms with E-state index in [2.05, 4.69) is 46.8 Å². The van der Waals surface area contributed by atoms with Gasteiger partial charge in [-0.05, 0) is 74.0 Å². The second-order valence-corrected chi connectivity index (χ2v) is 11.6. The van der Waals surface area contributed by atoms with Crippen molar-refractivity contribution in [3.05, 3.63) is 23.8 Å². The van der Waals surface area contributed by atoms with Crippen molar-refractivity contribution in [1.29, 1.82) is 0 Å². The molecule has 0 aromatic carbocycles. The van der Waals surface area contributed by atoms with Crippen molar-refractivity contribution in [3.8, 4) is 0 Å². The van der Waals surface area contributed by atoms with Crippen LogP contribution in [0.5, 0.6) is 0 Å². The van der Waals surface area contributed by atoms with E-state index in [1.807, 2.05) is 0 Å². The van der Waals surface area contributed by atoms with Gasteiger partial charge in [0.15, 0.2) is 17.2 Å². The van der Waals surface area contributed by atoms with Crippen LogP contribution in [0.15, 0.2) is 23.8 Å². The summed E-state index contributed by atoms with van der Waals surface area (Å²) in [5.74, 6) is 1.21. The topological polar surface area (TPSA) is 80.7 Å². The Kier molecular flexibility index (Phi) is 7.72. The number of carbonyl (C=O) groups excluding carboxylic acids is 3. The van der Waals surface area contributed by atoms with Gasteiger partial charge in [0.2, 0.25) is 0 Å². The number of esters is 1. The first kappa shape index (κ1) is 25.9. The largest absolute Gasteiger partial charge is 0.448 e. The number of ether oxygens (including phenoxy) is 1. The van der Waals surface area contributed by atoms with Crippen LogP contribution in [0.4, 0.5) is 0 Å². The number of Topliss-reactive ketones (excluding diaryl/α,β-unsaturated/α-hetero) is 2. The van der Waals surface area contributed by atoms with Crippen molar-refractivity contribution in [2.75, 3.05) is 0 Å². The van der Waals surface area contributed by atoms with Crippen molar-refractivity contribution < 1.29 is 24.2 Å². The predicted octanol–water partition coefficient (Wildman–Crippen LogP) is 5.21. The lowest BCUT2D eigenvalue weighted by Crippen LogP contribution is -2.46. The van der Waals surface area contributed by atoms with Crippen LogP contribution in [0.25, 0.3) is 0 Å². The quantitative estimate of drug-likeness (QED) is 0.336. The van der Waals surface area contributed by atoms with Gasteiger partial charge in [-0.15, -0.1) is 0 Å². The monoisotopic (exact) mass is 458 g/mol. The molecule has 0 saturated heterocycles. The molecule has 7 unspecified atom stereocenters. The van der Waals surface area contributed by atoms with Crippen LogP contribution >= 0.6 is 0 Å². The number of allylic oxidation sites excluding steroid dienone is 3. The Morgan fingerprint density at radius 1 is 1.06 bits per heavy atom. The predicted molar refractivity (Wildman–Crippen MR) is 128 cm³/mol. The highest BCUT2D eigenvalue weighted by Crippen LogP contribution is 2.58. The van der Waals surface area contributed by atoms with Gasteiger partial charge < -0.3 is 9.84 Å². The van der Waals surface area contributed by atoms with Gasteiger partial charge in [0.1, 0.15) is 0 Å². The molecule has 0 bridgehead atoms. The molecule has 1 N–H and O–H groups in total. The van der Waals surface area contributed by atoms with Crippen molar-refractivity contribution in [2.45, 2.75) is 98.2 Å². The maximum atomic E-state index is 12.9. The molecule has 184 valence electrons. The Hall–Kier alpha value is -1.75. The van der Waals surface area contributed by atoms with Gasteiger partial charge in [-0.1, -0.05) is 46.8 Å². The molecule has 3 fully saturated rings. The van der Waals surface area contributed by atoms with Crippen molar-refractivity contribution in [1.82, 2.24) is 0 Å². The summed E-state index contributed by atoms with van der Waals surface area (Å²) in [6.45, 7) is 12.9. The number of aliphatic hydroxyl groups excluding tert-OH is 1. The third kappa shape index (κ3) is 5.34. The molecule has 3 aliphatic rings. The molecule has 0 aliphatic heterocycles. The van der Waals surface area contributed by atoms with E-state index in [0.29, 0.717) is 48.5 Å². The number of ketones is 2. The summed E-state index contributed by atoms with van der Waals surface area (Å²) in [5.41, 5.74) is -0.673. The summed E-state index contributed by atoms with van der Waals surface area (Å²) < 4.78 is 5.59. The fourth-order valence-corrected chi connectivity index (χ4v) is 6.21. The van der Waals surface area contributed by atoms with Crippen LogP contribution in [0.3, 0.4) is 0 Å². The van der Waals surface area contributed by atoms with E-state index in [1.165, 1.54) is 6.08 Å². The van der Waals surface area contributed by atoms with Crippen LogP contribution in [-0.2, 0) is 19.1 Å². The second-order valence-electron chi connectivity index (χ2n) is 11.6. The highest BCUT2D eigenvalue weighted by molar-refractivity contribution is 6.02. The average molecular weight is 459 g/mol. The normalized spacial score (nSPS) is 38.1. The third-order valence-corrected chi connectivity index (χ3v) is 8.97. The van der Waals surface area contributed by atoms with E-state index in [-0.39, 0.29) is 29.3 Å². The van der Waals surface area contributed by atoms with E-state index in [4.69, 9.17) is 4.74 Å². The number of fused-ring (bicyclic) bond motifs is 1. The Balaban J connectivity index is 1.76. The van der Waals surface area contributed by atoms with Gasteiger partial charge >= 0.3 is 5.97 Å².